The molecule has 0 aliphatic heterocycles. The molecule has 2 heterocycles. The lowest BCUT2D eigenvalue weighted by molar-refractivity contribution is 0.683. The van der Waals surface area contributed by atoms with Gasteiger partial charge in [0.15, 0.2) is 10.9 Å². The van der Waals surface area contributed by atoms with E-state index in [0.717, 1.165) is 34.8 Å². The average molecular weight is 319 g/mol. The number of rotatable bonds is 3. The van der Waals surface area contributed by atoms with Crippen molar-refractivity contribution in [3.8, 4) is 0 Å². The van der Waals surface area contributed by atoms with Crippen LogP contribution in [0.4, 0.5) is 10.9 Å². The van der Waals surface area contributed by atoms with Gasteiger partial charge in [-0.25, -0.2) is 4.98 Å². The Morgan fingerprint density at radius 2 is 2.00 bits per heavy atom. The van der Waals surface area contributed by atoms with E-state index in [1.54, 1.807) is 11.3 Å². The van der Waals surface area contributed by atoms with Crippen LogP contribution < -0.4 is 11.1 Å². The molecule has 1 aliphatic rings. The lowest BCUT2D eigenvalue weighted by atomic mass is 10.0. The summed E-state index contributed by atoms with van der Waals surface area (Å²) >= 11 is 6.84. The maximum atomic E-state index is 5.84. The van der Waals surface area contributed by atoms with E-state index in [2.05, 4.69) is 20.5 Å². The molecule has 7 heteroatoms. The molecule has 5 nitrogen and oxygen atoms in total. The van der Waals surface area contributed by atoms with Gasteiger partial charge in [-0.05, 0) is 45.1 Å². The molecule has 3 rings (SSSR count). The van der Waals surface area contributed by atoms with Gasteiger partial charge in [0.25, 0.3) is 0 Å². The van der Waals surface area contributed by atoms with Crippen molar-refractivity contribution in [2.45, 2.75) is 39.5 Å². The summed E-state index contributed by atoms with van der Waals surface area (Å²) in [4.78, 5) is 6.35. The Morgan fingerprint density at radius 1 is 1.24 bits per heavy atom. The van der Waals surface area contributed by atoms with Gasteiger partial charge in [0, 0.05) is 4.88 Å². The topological polar surface area (TPSA) is 76.7 Å². The molecule has 2 aromatic rings. The zero-order valence-corrected chi connectivity index (χ0v) is 13.7. The fourth-order valence-electron chi connectivity index (χ4n) is 2.50. The van der Waals surface area contributed by atoms with Crippen molar-refractivity contribution >= 4 is 39.5 Å². The summed E-state index contributed by atoms with van der Waals surface area (Å²) < 4.78 is 0. The van der Waals surface area contributed by atoms with Crippen molar-refractivity contribution in [3.05, 3.63) is 27.4 Å². The van der Waals surface area contributed by atoms with Crippen LogP contribution in [0.15, 0.2) is 0 Å². The standard InChI is InChI=1S/C14H17N5S2/c1-7-8(2)18-19-13(11(7)12(15)20)17-14-16-9-5-3-4-6-10(9)21-14/h3-6H2,1-2H3,(H2,15,20)(H,16,17,19). The molecule has 0 bridgehead atoms. The van der Waals surface area contributed by atoms with E-state index in [1.165, 1.54) is 23.4 Å². The normalized spacial score (nSPS) is 13.8. The van der Waals surface area contributed by atoms with E-state index >= 15 is 0 Å². The molecular formula is C14H17N5S2. The first kappa shape index (κ1) is 14.3. The molecule has 0 spiro atoms. The molecule has 0 radical (unpaired) electrons. The minimum Gasteiger partial charge on any atom is -0.389 e. The Labute approximate surface area is 133 Å². The molecule has 2 aromatic heterocycles. The van der Waals surface area contributed by atoms with Gasteiger partial charge in [-0.15, -0.1) is 16.4 Å². The molecular weight excluding hydrogens is 302 g/mol. The predicted molar refractivity (Wildman–Crippen MR) is 89.4 cm³/mol. The van der Waals surface area contributed by atoms with Crippen LogP contribution in [0, 0.1) is 13.8 Å². The first-order chi connectivity index (χ1) is 10.1. The van der Waals surface area contributed by atoms with Crippen LogP contribution in [0.3, 0.4) is 0 Å². The first-order valence-corrected chi connectivity index (χ1v) is 8.18. The number of nitrogens with one attached hydrogen (secondary N) is 1. The summed E-state index contributed by atoms with van der Waals surface area (Å²) in [5, 5.41) is 12.4. The number of nitrogens with two attached hydrogens (primary N) is 1. The van der Waals surface area contributed by atoms with E-state index in [4.69, 9.17) is 18.0 Å². The van der Waals surface area contributed by atoms with Gasteiger partial charge in [-0.3, -0.25) is 0 Å². The van der Waals surface area contributed by atoms with Crippen LogP contribution in [0.25, 0.3) is 0 Å². The number of nitrogens with zero attached hydrogens (tertiary/aromatic N) is 3. The fourth-order valence-corrected chi connectivity index (χ4v) is 3.80. The van der Waals surface area contributed by atoms with Gasteiger partial charge < -0.3 is 11.1 Å². The molecule has 21 heavy (non-hydrogen) atoms. The van der Waals surface area contributed by atoms with Gasteiger partial charge in [0.1, 0.15) is 4.99 Å². The third kappa shape index (κ3) is 2.75. The molecule has 3 N–H and O–H groups in total. The summed E-state index contributed by atoms with van der Waals surface area (Å²) in [5.74, 6) is 0.594. The zero-order valence-electron chi connectivity index (χ0n) is 12.1. The van der Waals surface area contributed by atoms with Crippen molar-refractivity contribution in [3.63, 3.8) is 0 Å². The van der Waals surface area contributed by atoms with Crippen molar-refractivity contribution in [2.24, 2.45) is 5.73 Å². The molecule has 1 aliphatic carbocycles. The van der Waals surface area contributed by atoms with E-state index in [1.807, 2.05) is 13.8 Å². The first-order valence-electron chi connectivity index (χ1n) is 6.95. The highest BCUT2D eigenvalue weighted by atomic mass is 32.1. The smallest absolute Gasteiger partial charge is 0.188 e. The number of thiocarbonyl (C=S) groups is 1. The average Bonchev–Trinajstić information content (AvgIpc) is 2.85. The second kappa shape index (κ2) is 5.65. The molecule has 0 fully saturated rings. The largest absolute Gasteiger partial charge is 0.389 e. The monoisotopic (exact) mass is 319 g/mol. The van der Waals surface area contributed by atoms with Gasteiger partial charge in [-0.1, -0.05) is 12.2 Å². The predicted octanol–water partition coefficient (Wildman–Crippen LogP) is 2.81. The van der Waals surface area contributed by atoms with Crippen LogP contribution >= 0.6 is 23.6 Å². The number of aromatic nitrogens is 3. The minimum absolute atomic E-state index is 0.328. The van der Waals surface area contributed by atoms with Crippen LogP contribution in [-0.4, -0.2) is 20.2 Å². The Kier molecular flexibility index (Phi) is 3.86. The third-order valence-corrected chi connectivity index (χ3v) is 5.05. The molecule has 0 saturated carbocycles. The lowest BCUT2D eigenvalue weighted by Crippen LogP contribution is -2.16. The van der Waals surface area contributed by atoms with Crippen molar-refractivity contribution < 1.29 is 0 Å². The number of aryl methyl sites for hydroxylation is 3. The maximum Gasteiger partial charge on any atom is 0.188 e. The lowest BCUT2D eigenvalue weighted by Gasteiger charge is -2.11. The highest BCUT2D eigenvalue weighted by Gasteiger charge is 2.18. The zero-order chi connectivity index (χ0) is 15.0. The summed E-state index contributed by atoms with van der Waals surface area (Å²) in [7, 11) is 0. The summed E-state index contributed by atoms with van der Waals surface area (Å²) in [6, 6.07) is 0. The van der Waals surface area contributed by atoms with E-state index < -0.39 is 0 Å². The Morgan fingerprint density at radius 3 is 2.71 bits per heavy atom. The third-order valence-electron chi connectivity index (χ3n) is 3.77. The number of hydrogen-bond acceptors (Lipinski definition) is 6. The van der Waals surface area contributed by atoms with Crippen LogP contribution in [0.5, 0.6) is 0 Å². The highest BCUT2D eigenvalue weighted by Crippen LogP contribution is 2.32. The fraction of sp³-hybridized carbons (Fsp3) is 0.429. The van der Waals surface area contributed by atoms with E-state index in [9.17, 15) is 0 Å². The van der Waals surface area contributed by atoms with Crippen molar-refractivity contribution in [1.82, 2.24) is 15.2 Å². The number of fused-ring (bicyclic) bond motifs is 1. The highest BCUT2D eigenvalue weighted by molar-refractivity contribution is 7.80. The Balaban J connectivity index is 1.96. The maximum absolute atomic E-state index is 5.84. The molecule has 0 aromatic carbocycles. The number of hydrogen-bond donors (Lipinski definition) is 2. The van der Waals surface area contributed by atoms with Gasteiger partial charge in [0.05, 0.1) is 17.0 Å². The summed E-state index contributed by atoms with van der Waals surface area (Å²) in [5.41, 5.74) is 9.60. The quantitative estimate of drug-likeness (QED) is 0.847. The Bertz CT molecular complexity index is 684. The van der Waals surface area contributed by atoms with Gasteiger partial charge >= 0.3 is 0 Å². The van der Waals surface area contributed by atoms with Crippen LogP contribution in [0.2, 0.25) is 0 Å². The SMILES string of the molecule is Cc1nnc(Nc2nc3c(s2)CCCC3)c(C(N)=S)c1C. The van der Waals surface area contributed by atoms with Crippen LogP contribution in [-0.2, 0) is 12.8 Å². The minimum atomic E-state index is 0.328. The molecule has 0 saturated heterocycles. The number of thiazole rings is 1. The molecule has 0 amide bonds. The van der Waals surface area contributed by atoms with Gasteiger partial charge in [0.2, 0.25) is 0 Å². The van der Waals surface area contributed by atoms with Crippen molar-refractivity contribution in [2.75, 3.05) is 5.32 Å². The molecule has 0 unspecified atom stereocenters. The second-order valence-electron chi connectivity index (χ2n) is 5.22. The summed E-state index contributed by atoms with van der Waals surface area (Å²) in [6.45, 7) is 3.85. The van der Waals surface area contributed by atoms with Gasteiger partial charge in [-0.2, -0.15) is 5.10 Å². The van der Waals surface area contributed by atoms with E-state index in [-0.39, 0.29) is 0 Å². The second-order valence-corrected chi connectivity index (χ2v) is 6.74. The Hall–Kier alpha value is -1.60. The van der Waals surface area contributed by atoms with E-state index in [0.29, 0.717) is 10.8 Å². The molecule has 0 atom stereocenters. The summed E-state index contributed by atoms with van der Waals surface area (Å²) in [6.07, 6.45) is 4.65. The number of anilines is 2. The van der Waals surface area contributed by atoms with Crippen LogP contribution in [0.1, 0.15) is 40.2 Å². The molecule has 110 valence electrons. The van der Waals surface area contributed by atoms with Crippen molar-refractivity contribution in [1.29, 1.82) is 0 Å².